The van der Waals surface area contributed by atoms with E-state index in [2.05, 4.69) is 10.4 Å². The molecule has 7 nitrogen and oxygen atoms in total. The summed E-state index contributed by atoms with van der Waals surface area (Å²) < 4.78 is 14.7. The van der Waals surface area contributed by atoms with E-state index in [1.54, 1.807) is 36.9 Å². The van der Waals surface area contributed by atoms with Crippen LogP contribution in [0.4, 0.5) is 10.2 Å². The lowest BCUT2D eigenvalue weighted by Gasteiger charge is -2.25. The Morgan fingerprint density at radius 1 is 1.38 bits per heavy atom. The first-order valence-corrected chi connectivity index (χ1v) is 8.46. The number of carbonyl (C=O) groups excluding carboxylic acids is 1. The maximum Gasteiger partial charge on any atom is 0.320 e. The number of nitrogens with zero attached hydrogens (tertiary/aromatic N) is 3. The van der Waals surface area contributed by atoms with Crippen molar-refractivity contribution in [1.82, 2.24) is 14.7 Å². The summed E-state index contributed by atoms with van der Waals surface area (Å²) in [5.41, 5.74) is 1.32. The molecule has 0 spiro atoms. The third kappa shape index (κ3) is 4.08. The molecule has 2 N–H and O–H groups in total. The third-order valence-electron chi connectivity index (χ3n) is 4.37. The Morgan fingerprint density at radius 3 is 2.62 bits per heavy atom. The van der Waals surface area contributed by atoms with Gasteiger partial charge in [0, 0.05) is 12.1 Å². The second-order valence-corrected chi connectivity index (χ2v) is 6.53. The van der Waals surface area contributed by atoms with Gasteiger partial charge in [0.15, 0.2) is 0 Å². The van der Waals surface area contributed by atoms with E-state index in [1.807, 2.05) is 0 Å². The molecule has 1 unspecified atom stereocenters. The standard InChI is InChI=1S/C18H21FN4O3/c1-11-9-16(23(21-11)15-5-3-13(19)4-6-15)20-17(24)10-22(14-7-8-14)12(2)18(25)26/h3-6,9,12,14H,7-8,10H2,1-2H3,(H,20,24)(H,25,26). The molecule has 3 rings (SSSR count). The number of hydrogen-bond donors (Lipinski definition) is 2. The topological polar surface area (TPSA) is 87.5 Å². The van der Waals surface area contributed by atoms with Crippen molar-refractivity contribution in [2.24, 2.45) is 0 Å². The van der Waals surface area contributed by atoms with Gasteiger partial charge in [0.05, 0.1) is 17.9 Å². The molecule has 0 bridgehead atoms. The molecule has 1 aliphatic rings. The van der Waals surface area contributed by atoms with Gasteiger partial charge < -0.3 is 10.4 Å². The second kappa shape index (κ2) is 7.25. The van der Waals surface area contributed by atoms with Gasteiger partial charge in [0.1, 0.15) is 17.7 Å². The van der Waals surface area contributed by atoms with E-state index in [0.29, 0.717) is 17.2 Å². The van der Waals surface area contributed by atoms with Crippen molar-refractivity contribution >= 4 is 17.7 Å². The van der Waals surface area contributed by atoms with Crippen LogP contribution in [0.1, 0.15) is 25.5 Å². The molecule has 1 amide bonds. The number of carboxylic acid groups (broad SMARTS) is 1. The van der Waals surface area contributed by atoms with Gasteiger partial charge in [0.2, 0.25) is 5.91 Å². The van der Waals surface area contributed by atoms with Gasteiger partial charge in [-0.25, -0.2) is 9.07 Å². The zero-order valence-corrected chi connectivity index (χ0v) is 14.6. The van der Waals surface area contributed by atoms with Crippen molar-refractivity contribution in [2.45, 2.75) is 38.8 Å². The van der Waals surface area contributed by atoms with E-state index in [0.717, 1.165) is 12.8 Å². The summed E-state index contributed by atoms with van der Waals surface area (Å²) in [6.07, 6.45) is 1.80. The Morgan fingerprint density at radius 2 is 2.04 bits per heavy atom. The number of aryl methyl sites for hydroxylation is 1. The predicted molar refractivity (Wildman–Crippen MR) is 93.7 cm³/mol. The largest absolute Gasteiger partial charge is 0.480 e. The van der Waals surface area contributed by atoms with E-state index in [9.17, 15) is 19.1 Å². The van der Waals surface area contributed by atoms with Gasteiger partial charge in [-0.15, -0.1) is 0 Å². The maximum absolute atomic E-state index is 13.1. The van der Waals surface area contributed by atoms with Crippen LogP contribution >= 0.6 is 0 Å². The van der Waals surface area contributed by atoms with Crippen LogP contribution in [0.25, 0.3) is 5.69 Å². The number of benzene rings is 1. The molecule has 1 aromatic heterocycles. The smallest absolute Gasteiger partial charge is 0.320 e. The van der Waals surface area contributed by atoms with Crippen molar-refractivity contribution in [3.8, 4) is 5.69 Å². The molecule has 0 saturated heterocycles. The third-order valence-corrected chi connectivity index (χ3v) is 4.37. The first-order chi connectivity index (χ1) is 12.3. The SMILES string of the molecule is Cc1cc(NC(=O)CN(C2CC2)C(C)C(=O)O)n(-c2ccc(F)cc2)n1. The van der Waals surface area contributed by atoms with Crippen molar-refractivity contribution in [1.29, 1.82) is 0 Å². The van der Waals surface area contributed by atoms with Gasteiger partial charge >= 0.3 is 5.97 Å². The van der Waals surface area contributed by atoms with E-state index in [-0.39, 0.29) is 24.3 Å². The fraction of sp³-hybridized carbons (Fsp3) is 0.389. The van der Waals surface area contributed by atoms with E-state index < -0.39 is 12.0 Å². The van der Waals surface area contributed by atoms with Crippen LogP contribution < -0.4 is 5.32 Å². The summed E-state index contributed by atoms with van der Waals surface area (Å²) >= 11 is 0. The van der Waals surface area contributed by atoms with Crippen LogP contribution in [-0.4, -0.2) is 50.3 Å². The molecule has 1 saturated carbocycles. The number of aromatic nitrogens is 2. The summed E-state index contributed by atoms with van der Waals surface area (Å²) in [6.45, 7) is 3.37. The minimum atomic E-state index is -0.947. The molecule has 1 aliphatic carbocycles. The number of carbonyl (C=O) groups is 2. The molecule has 0 aliphatic heterocycles. The van der Waals surface area contributed by atoms with Gasteiger partial charge in [-0.2, -0.15) is 5.10 Å². The number of rotatable bonds is 7. The monoisotopic (exact) mass is 360 g/mol. The summed E-state index contributed by atoms with van der Waals surface area (Å²) in [6, 6.07) is 6.90. The molecule has 138 valence electrons. The quantitative estimate of drug-likeness (QED) is 0.790. The van der Waals surface area contributed by atoms with Crippen LogP contribution in [0.2, 0.25) is 0 Å². The lowest BCUT2D eigenvalue weighted by atomic mass is 10.2. The van der Waals surface area contributed by atoms with Gasteiger partial charge in [-0.1, -0.05) is 0 Å². The first kappa shape index (κ1) is 18.1. The average Bonchev–Trinajstić information content (AvgIpc) is 3.36. The van der Waals surface area contributed by atoms with Crippen molar-refractivity contribution in [3.63, 3.8) is 0 Å². The van der Waals surface area contributed by atoms with Gasteiger partial charge in [0.25, 0.3) is 0 Å². The van der Waals surface area contributed by atoms with Crippen molar-refractivity contribution in [2.75, 3.05) is 11.9 Å². The van der Waals surface area contributed by atoms with E-state index in [1.165, 1.54) is 16.8 Å². The van der Waals surface area contributed by atoms with E-state index in [4.69, 9.17) is 0 Å². The highest BCUT2D eigenvalue weighted by Gasteiger charge is 2.36. The zero-order chi connectivity index (χ0) is 18.8. The van der Waals surface area contributed by atoms with Gasteiger partial charge in [-0.3, -0.25) is 14.5 Å². The Bertz CT molecular complexity index is 814. The average molecular weight is 360 g/mol. The molecule has 1 aromatic carbocycles. The summed E-state index contributed by atoms with van der Waals surface area (Å²) in [7, 11) is 0. The summed E-state index contributed by atoms with van der Waals surface area (Å²) in [4.78, 5) is 25.4. The van der Waals surface area contributed by atoms with Crippen molar-refractivity contribution < 1.29 is 19.1 Å². The molecule has 26 heavy (non-hydrogen) atoms. The second-order valence-electron chi connectivity index (χ2n) is 6.53. The molecule has 1 atom stereocenters. The van der Waals surface area contributed by atoms with E-state index >= 15 is 0 Å². The van der Waals surface area contributed by atoms with Crippen molar-refractivity contribution in [3.05, 3.63) is 41.8 Å². The highest BCUT2D eigenvalue weighted by molar-refractivity contribution is 5.92. The number of nitrogens with one attached hydrogen (secondary N) is 1. The fourth-order valence-corrected chi connectivity index (χ4v) is 2.85. The highest BCUT2D eigenvalue weighted by Crippen LogP contribution is 2.28. The van der Waals surface area contributed by atoms with Crippen LogP contribution in [0, 0.1) is 12.7 Å². The van der Waals surface area contributed by atoms with Gasteiger partial charge in [-0.05, 0) is 51.0 Å². The summed E-state index contributed by atoms with van der Waals surface area (Å²) in [5, 5.41) is 16.3. The number of halogens is 1. The molecule has 8 heteroatoms. The lowest BCUT2D eigenvalue weighted by Crippen LogP contribution is -2.45. The number of aliphatic carboxylic acids is 1. The minimum Gasteiger partial charge on any atom is -0.480 e. The minimum absolute atomic E-state index is 0.00816. The molecule has 1 heterocycles. The fourth-order valence-electron chi connectivity index (χ4n) is 2.85. The van der Waals surface area contributed by atoms with Crippen LogP contribution in [0.3, 0.4) is 0 Å². The zero-order valence-electron chi connectivity index (χ0n) is 14.6. The molecule has 2 aromatic rings. The maximum atomic E-state index is 13.1. The Kier molecular flexibility index (Phi) is 5.03. The van der Waals surface area contributed by atoms with Crippen LogP contribution in [0.15, 0.2) is 30.3 Å². The lowest BCUT2D eigenvalue weighted by molar-refractivity contribution is -0.143. The normalized spacial score (nSPS) is 15.1. The number of hydrogen-bond acceptors (Lipinski definition) is 4. The number of amides is 1. The number of anilines is 1. The molecular formula is C18H21FN4O3. The van der Waals surface area contributed by atoms with Crippen LogP contribution in [-0.2, 0) is 9.59 Å². The predicted octanol–water partition coefficient (Wildman–Crippen LogP) is 2.20. The molecule has 0 radical (unpaired) electrons. The Hall–Kier alpha value is -2.74. The highest BCUT2D eigenvalue weighted by atomic mass is 19.1. The Balaban J connectivity index is 1.75. The summed E-state index contributed by atoms with van der Waals surface area (Å²) in [5.74, 6) is -1.16. The molecule has 1 fully saturated rings. The molecular weight excluding hydrogens is 339 g/mol. The number of carboxylic acids is 1. The first-order valence-electron chi connectivity index (χ1n) is 8.46. The Labute approximate surface area is 150 Å². The van der Waals surface area contributed by atoms with Crippen LogP contribution in [0.5, 0.6) is 0 Å².